The molecule has 20 heavy (non-hydrogen) atoms. The van der Waals surface area contributed by atoms with Crippen molar-refractivity contribution in [1.29, 1.82) is 0 Å². The van der Waals surface area contributed by atoms with E-state index in [0.717, 1.165) is 34.9 Å². The lowest BCUT2D eigenvalue weighted by molar-refractivity contribution is 0.240. The van der Waals surface area contributed by atoms with Gasteiger partial charge in [-0.25, -0.2) is 0 Å². The molecule has 0 radical (unpaired) electrons. The highest BCUT2D eigenvalue weighted by molar-refractivity contribution is 9.10. The van der Waals surface area contributed by atoms with Crippen molar-refractivity contribution in [2.75, 3.05) is 13.7 Å². The van der Waals surface area contributed by atoms with Gasteiger partial charge in [0, 0.05) is 12.6 Å². The monoisotopic (exact) mass is 341 g/mol. The molecule has 1 N–H and O–H groups in total. The van der Waals surface area contributed by atoms with Crippen molar-refractivity contribution in [2.45, 2.75) is 45.7 Å². The number of hydrogen-bond acceptors (Lipinski definition) is 3. The lowest BCUT2D eigenvalue weighted by atomic mass is 9.82. The number of methoxy groups -OCH3 is 1. The molecule has 1 aliphatic rings. The van der Waals surface area contributed by atoms with Crippen LogP contribution in [0.2, 0.25) is 0 Å². The average molecular weight is 342 g/mol. The molecule has 0 heterocycles. The Morgan fingerprint density at radius 2 is 2.10 bits per heavy atom. The second-order valence-electron chi connectivity index (χ2n) is 5.61. The minimum atomic E-state index is 0.672. The SMILES string of the molecule is CCCOc1c(Br)cc(CNC2CC(C)C2)cc1OC. The van der Waals surface area contributed by atoms with Gasteiger partial charge in [0.25, 0.3) is 0 Å². The standard InChI is InChI=1S/C16H24BrNO2/c1-4-5-20-16-14(17)8-12(9-15(16)19-3)10-18-13-6-11(2)7-13/h8-9,11,13,18H,4-7,10H2,1-3H3. The van der Waals surface area contributed by atoms with E-state index in [4.69, 9.17) is 9.47 Å². The molecule has 1 fully saturated rings. The van der Waals surface area contributed by atoms with Crippen LogP contribution in [-0.2, 0) is 6.54 Å². The van der Waals surface area contributed by atoms with E-state index < -0.39 is 0 Å². The zero-order valence-electron chi connectivity index (χ0n) is 12.5. The number of halogens is 1. The van der Waals surface area contributed by atoms with Crippen LogP contribution in [0, 0.1) is 5.92 Å². The van der Waals surface area contributed by atoms with Crippen LogP contribution in [0.1, 0.15) is 38.7 Å². The second kappa shape index (κ2) is 7.32. The third-order valence-electron chi connectivity index (χ3n) is 3.71. The maximum absolute atomic E-state index is 5.74. The molecule has 3 nitrogen and oxygen atoms in total. The third kappa shape index (κ3) is 3.89. The molecule has 0 aromatic heterocycles. The largest absolute Gasteiger partial charge is 0.493 e. The average Bonchev–Trinajstić information content (AvgIpc) is 2.40. The molecule has 1 aromatic rings. The van der Waals surface area contributed by atoms with Gasteiger partial charge in [-0.3, -0.25) is 0 Å². The molecule has 1 aromatic carbocycles. The number of nitrogens with one attached hydrogen (secondary N) is 1. The molecule has 0 spiro atoms. The molecule has 0 bridgehead atoms. The maximum atomic E-state index is 5.74. The summed E-state index contributed by atoms with van der Waals surface area (Å²) in [6.45, 7) is 5.98. The van der Waals surface area contributed by atoms with E-state index in [0.29, 0.717) is 12.6 Å². The van der Waals surface area contributed by atoms with E-state index in [9.17, 15) is 0 Å². The molecule has 1 aliphatic carbocycles. The predicted octanol–water partition coefficient (Wildman–Crippen LogP) is 4.13. The first kappa shape index (κ1) is 15.6. The van der Waals surface area contributed by atoms with Crippen LogP contribution < -0.4 is 14.8 Å². The van der Waals surface area contributed by atoms with E-state index in [2.05, 4.69) is 47.2 Å². The van der Waals surface area contributed by atoms with E-state index in [1.807, 2.05) is 0 Å². The van der Waals surface area contributed by atoms with Crippen LogP contribution in [-0.4, -0.2) is 19.8 Å². The van der Waals surface area contributed by atoms with Crippen LogP contribution in [0.5, 0.6) is 11.5 Å². The van der Waals surface area contributed by atoms with Crippen molar-refractivity contribution in [3.05, 3.63) is 22.2 Å². The van der Waals surface area contributed by atoms with Crippen LogP contribution >= 0.6 is 15.9 Å². The molecule has 112 valence electrons. The van der Waals surface area contributed by atoms with Crippen LogP contribution in [0.25, 0.3) is 0 Å². The van der Waals surface area contributed by atoms with Crippen molar-refractivity contribution in [3.63, 3.8) is 0 Å². The molecule has 4 heteroatoms. The highest BCUT2D eigenvalue weighted by atomic mass is 79.9. The van der Waals surface area contributed by atoms with Crippen molar-refractivity contribution in [2.24, 2.45) is 5.92 Å². The second-order valence-corrected chi connectivity index (χ2v) is 6.47. The number of hydrogen-bond donors (Lipinski definition) is 1. The van der Waals surface area contributed by atoms with E-state index in [1.54, 1.807) is 7.11 Å². The van der Waals surface area contributed by atoms with Gasteiger partial charge in [0.1, 0.15) is 0 Å². The Bertz CT molecular complexity index is 444. The summed E-state index contributed by atoms with van der Waals surface area (Å²) >= 11 is 3.58. The Morgan fingerprint density at radius 3 is 2.70 bits per heavy atom. The Balaban J connectivity index is 2.01. The molecule has 1 saturated carbocycles. The summed E-state index contributed by atoms with van der Waals surface area (Å²) < 4.78 is 12.2. The topological polar surface area (TPSA) is 30.5 Å². The van der Waals surface area contributed by atoms with Crippen LogP contribution in [0.15, 0.2) is 16.6 Å². The Hall–Kier alpha value is -0.740. The van der Waals surface area contributed by atoms with Gasteiger partial charge >= 0.3 is 0 Å². The summed E-state index contributed by atoms with van der Waals surface area (Å²) in [4.78, 5) is 0. The lowest BCUT2D eigenvalue weighted by Gasteiger charge is -2.33. The molecule has 0 unspecified atom stereocenters. The fraction of sp³-hybridized carbons (Fsp3) is 0.625. The summed E-state index contributed by atoms with van der Waals surface area (Å²) in [6, 6.07) is 4.85. The number of rotatable bonds is 7. The highest BCUT2D eigenvalue weighted by Crippen LogP contribution is 2.37. The van der Waals surface area contributed by atoms with Crippen molar-refractivity contribution in [1.82, 2.24) is 5.32 Å². The van der Waals surface area contributed by atoms with Crippen molar-refractivity contribution >= 4 is 15.9 Å². The molecule has 0 aliphatic heterocycles. The van der Waals surface area contributed by atoms with Crippen molar-refractivity contribution < 1.29 is 9.47 Å². The smallest absolute Gasteiger partial charge is 0.175 e. The number of ether oxygens (including phenoxy) is 2. The predicted molar refractivity (Wildman–Crippen MR) is 85.5 cm³/mol. The minimum absolute atomic E-state index is 0.672. The Morgan fingerprint density at radius 1 is 1.35 bits per heavy atom. The summed E-state index contributed by atoms with van der Waals surface area (Å²) in [5.74, 6) is 2.47. The van der Waals surface area contributed by atoms with Crippen LogP contribution in [0.3, 0.4) is 0 Å². The zero-order valence-corrected chi connectivity index (χ0v) is 14.1. The summed E-state index contributed by atoms with van der Waals surface area (Å²) in [7, 11) is 1.69. The summed E-state index contributed by atoms with van der Waals surface area (Å²) in [6.07, 6.45) is 3.56. The summed E-state index contributed by atoms with van der Waals surface area (Å²) in [5.41, 5.74) is 1.22. The Kier molecular flexibility index (Phi) is 5.73. The fourth-order valence-electron chi connectivity index (χ4n) is 2.55. The molecule has 0 amide bonds. The summed E-state index contributed by atoms with van der Waals surface area (Å²) in [5, 5.41) is 3.59. The van der Waals surface area contributed by atoms with Gasteiger partial charge in [-0.2, -0.15) is 0 Å². The minimum Gasteiger partial charge on any atom is -0.493 e. The van der Waals surface area contributed by atoms with Gasteiger partial charge < -0.3 is 14.8 Å². The quantitative estimate of drug-likeness (QED) is 0.808. The van der Waals surface area contributed by atoms with Gasteiger partial charge in [-0.15, -0.1) is 0 Å². The first-order valence-corrected chi connectivity index (χ1v) is 8.16. The molecular formula is C16H24BrNO2. The molecule has 2 rings (SSSR count). The number of benzene rings is 1. The lowest BCUT2D eigenvalue weighted by Crippen LogP contribution is -2.39. The normalized spacial score (nSPS) is 21.4. The molecule has 0 saturated heterocycles. The van der Waals surface area contributed by atoms with Gasteiger partial charge in [0.2, 0.25) is 0 Å². The first-order valence-electron chi connectivity index (χ1n) is 7.36. The van der Waals surface area contributed by atoms with Gasteiger partial charge in [-0.05, 0) is 58.8 Å². The first-order chi connectivity index (χ1) is 9.63. The van der Waals surface area contributed by atoms with Crippen LogP contribution in [0.4, 0.5) is 0 Å². The van der Waals surface area contributed by atoms with Gasteiger partial charge in [0.05, 0.1) is 18.2 Å². The van der Waals surface area contributed by atoms with Gasteiger partial charge in [-0.1, -0.05) is 13.8 Å². The fourth-order valence-corrected chi connectivity index (χ4v) is 3.15. The zero-order chi connectivity index (χ0) is 14.5. The van der Waals surface area contributed by atoms with E-state index >= 15 is 0 Å². The van der Waals surface area contributed by atoms with E-state index in [1.165, 1.54) is 18.4 Å². The Labute approximate surface area is 130 Å². The molecular weight excluding hydrogens is 318 g/mol. The highest BCUT2D eigenvalue weighted by Gasteiger charge is 2.24. The van der Waals surface area contributed by atoms with Gasteiger partial charge in [0.15, 0.2) is 11.5 Å². The third-order valence-corrected chi connectivity index (χ3v) is 4.30. The van der Waals surface area contributed by atoms with Crippen molar-refractivity contribution in [3.8, 4) is 11.5 Å². The maximum Gasteiger partial charge on any atom is 0.175 e. The van der Waals surface area contributed by atoms with E-state index in [-0.39, 0.29) is 0 Å². The molecule has 0 atom stereocenters.